The van der Waals surface area contributed by atoms with E-state index in [-0.39, 0.29) is 24.4 Å². The molecule has 2 saturated carbocycles. The lowest BCUT2D eigenvalue weighted by atomic mass is 9.52. The number of ketones is 3. The molecule has 3 aliphatic carbocycles. The summed E-state index contributed by atoms with van der Waals surface area (Å²) < 4.78 is 49.1. The van der Waals surface area contributed by atoms with E-state index in [9.17, 15) is 42.6 Å². The molecule has 7 unspecified atom stereocenters. The number of fused-ring (bicyclic) bond motifs is 3. The molecule has 14 heteroatoms. The maximum Gasteiger partial charge on any atom is 0.417 e. The standard InChI is InChI=1S/C29H35F3N4O7/c1-34-27(41)20-24(39)22(36(2)3)16-7-13-6-15-19(23(38)18(13)26(40)28(16,42)25(20)33)17(37)8-14(21(15)29(30,31)32)10-35-9-12-4-5-43-11-12/h8,12-13,16,18,20,22,33,35,37,42H,4-7,9-11H2,1-3H3,(H,34,41). The van der Waals surface area contributed by atoms with Crippen LogP contribution in [0.5, 0.6) is 5.75 Å². The maximum atomic E-state index is 14.6. The zero-order valence-electron chi connectivity index (χ0n) is 24.0. The molecule has 0 spiro atoms. The van der Waals surface area contributed by atoms with Gasteiger partial charge in [-0.05, 0) is 62.4 Å². The number of likely N-dealkylation sites (N-methyl/N-ethyl adjacent to an activating group) is 1. The van der Waals surface area contributed by atoms with Gasteiger partial charge in [-0.25, -0.2) is 0 Å². The fourth-order valence-electron chi connectivity index (χ4n) is 7.57. The molecule has 43 heavy (non-hydrogen) atoms. The third-order valence-corrected chi connectivity index (χ3v) is 9.49. The number of alkyl halides is 3. The number of hydrogen-bond donors (Lipinski definition) is 5. The zero-order chi connectivity index (χ0) is 31.6. The minimum absolute atomic E-state index is 0.138. The van der Waals surface area contributed by atoms with Crippen molar-refractivity contribution in [3.63, 3.8) is 0 Å². The smallest absolute Gasteiger partial charge is 0.417 e. The summed E-state index contributed by atoms with van der Waals surface area (Å²) in [6.45, 7) is 1.23. The predicted molar refractivity (Wildman–Crippen MR) is 145 cm³/mol. The van der Waals surface area contributed by atoms with E-state index in [1.54, 1.807) is 0 Å². The quantitative estimate of drug-likeness (QED) is 0.292. The summed E-state index contributed by atoms with van der Waals surface area (Å²) >= 11 is 0. The number of rotatable bonds is 6. The van der Waals surface area contributed by atoms with Gasteiger partial charge >= 0.3 is 6.18 Å². The molecular weight excluding hydrogens is 573 g/mol. The van der Waals surface area contributed by atoms with E-state index in [2.05, 4.69) is 10.6 Å². The van der Waals surface area contributed by atoms with E-state index in [1.165, 1.54) is 26.0 Å². The van der Waals surface area contributed by atoms with Crippen LogP contribution in [0.1, 0.15) is 39.9 Å². The van der Waals surface area contributed by atoms with Crippen LogP contribution >= 0.6 is 0 Å². The van der Waals surface area contributed by atoms with Crippen molar-refractivity contribution in [2.24, 2.45) is 29.6 Å². The first-order valence-corrected chi connectivity index (χ1v) is 14.2. The Morgan fingerprint density at radius 3 is 2.53 bits per heavy atom. The molecule has 0 aromatic heterocycles. The van der Waals surface area contributed by atoms with Crippen molar-refractivity contribution < 1.29 is 47.3 Å². The van der Waals surface area contributed by atoms with E-state index >= 15 is 0 Å². The van der Waals surface area contributed by atoms with Crippen molar-refractivity contribution in [1.82, 2.24) is 15.5 Å². The number of aromatic hydroxyl groups is 1. The van der Waals surface area contributed by atoms with Gasteiger partial charge in [-0.3, -0.25) is 24.1 Å². The summed E-state index contributed by atoms with van der Waals surface area (Å²) in [4.78, 5) is 55.3. The number of nitrogens with one attached hydrogen (secondary N) is 3. The van der Waals surface area contributed by atoms with Crippen molar-refractivity contribution in [1.29, 1.82) is 5.41 Å². The Hall–Kier alpha value is -3.20. The number of halogens is 3. The van der Waals surface area contributed by atoms with Crippen LogP contribution in [0.15, 0.2) is 6.07 Å². The molecule has 3 fully saturated rings. The van der Waals surface area contributed by atoms with Crippen molar-refractivity contribution in [2.75, 3.05) is 40.9 Å². The lowest BCUT2D eigenvalue weighted by Gasteiger charge is -2.54. The molecule has 1 saturated heterocycles. The average molecular weight is 609 g/mol. The number of benzene rings is 1. The van der Waals surface area contributed by atoms with Gasteiger partial charge in [0, 0.05) is 32.7 Å². The monoisotopic (exact) mass is 608 g/mol. The first kappa shape index (κ1) is 31.2. The number of phenols is 1. The Balaban J connectivity index is 1.57. The molecule has 5 N–H and O–H groups in total. The second-order valence-electron chi connectivity index (χ2n) is 12.2. The Morgan fingerprint density at radius 2 is 1.95 bits per heavy atom. The first-order chi connectivity index (χ1) is 20.1. The second-order valence-corrected chi connectivity index (χ2v) is 12.2. The van der Waals surface area contributed by atoms with E-state index in [1.807, 2.05) is 0 Å². The largest absolute Gasteiger partial charge is 0.507 e. The van der Waals surface area contributed by atoms with Crippen molar-refractivity contribution in [3.8, 4) is 5.75 Å². The van der Waals surface area contributed by atoms with Gasteiger partial charge < -0.3 is 31.0 Å². The van der Waals surface area contributed by atoms with Gasteiger partial charge in [0.15, 0.2) is 23.0 Å². The number of aliphatic hydroxyl groups is 1. The van der Waals surface area contributed by atoms with Crippen molar-refractivity contribution >= 4 is 29.0 Å². The molecule has 4 aliphatic rings. The Bertz CT molecular complexity index is 1390. The number of carbonyl (C=O) groups is 4. The third kappa shape index (κ3) is 4.88. The highest BCUT2D eigenvalue weighted by Gasteiger charge is 2.68. The summed E-state index contributed by atoms with van der Waals surface area (Å²) in [5, 5.41) is 36.6. The third-order valence-electron chi connectivity index (χ3n) is 9.49. The topological polar surface area (TPSA) is 169 Å². The summed E-state index contributed by atoms with van der Waals surface area (Å²) in [5.41, 5.74) is -5.93. The van der Waals surface area contributed by atoms with Crippen LogP contribution in [0.3, 0.4) is 0 Å². The highest BCUT2D eigenvalue weighted by atomic mass is 19.4. The number of Topliss-reactive ketones (excluding diaryl/α,β-unsaturated/α-hetero) is 3. The lowest BCUT2D eigenvalue weighted by Crippen LogP contribution is -2.74. The van der Waals surface area contributed by atoms with Gasteiger partial charge in [0.25, 0.3) is 0 Å². The molecule has 234 valence electrons. The normalized spacial score (nSPS) is 32.5. The van der Waals surface area contributed by atoms with Crippen molar-refractivity contribution in [3.05, 3.63) is 28.3 Å². The predicted octanol–water partition coefficient (Wildman–Crippen LogP) is 0.723. The SMILES string of the molecule is CNC(=O)C1C(=N)C2(O)C(=O)C3C(=O)c4c(O)cc(CNCC5CCOC5)c(C(F)(F)F)c4CC3CC2C(N(C)C)C1=O. The van der Waals surface area contributed by atoms with Crippen LogP contribution < -0.4 is 10.6 Å². The molecule has 5 rings (SSSR count). The van der Waals surface area contributed by atoms with Gasteiger partial charge in [0.05, 0.1) is 35.4 Å². The lowest BCUT2D eigenvalue weighted by molar-refractivity contribution is -0.157. The zero-order valence-corrected chi connectivity index (χ0v) is 24.0. The number of hydrogen-bond acceptors (Lipinski definition) is 10. The van der Waals surface area contributed by atoms with Gasteiger partial charge in [-0.1, -0.05) is 0 Å². The molecule has 0 radical (unpaired) electrons. The maximum absolute atomic E-state index is 14.6. The van der Waals surface area contributed by atoms with Crippen LogP contribution in [0.25, 0.3) is 0 Å². The van der Waals surface area contributed by atoms with Crippen LogP contribution in [0.2, 0.25) is 0 Å². The number of nitrogens with zero attached hydrogens (tertiary/aromatic N) is 1. The average Bonchev–Trinajstić information content (AvgIpc) is 3.43. The van der Waals surface area contributed by atoms with Crippen LogP contribution in [-0.2, 0) is 38.3 Å². The van der Waals surface area contributed by atoms with Gasteiger partial charge in [0.2, 0.25) is 5.91 Å². The number of phenolic OH excluding ortho intramolecular Hbond substituents is 1. The minimum Gasteiger partial charge on any atom is -0.507 e. The van der Waals surface area contributed by atoms with Gasteiger partial charge in [-0.15, -0.1) is 0 Å². The minimum atomic E-state index is -4.90. The fourth-order valence-corrected chi connectivity index (χ4v) is 7.57. The van der Waals surface area contributed by atoms with E-state index < -0.39 is 99.3 Å². The van der Waals surface area contributed by atoms with E-state index in [0.29, 0.717) is 19.8 Å². The number of carbonyl (C=O) groups excluding carboxylic acids is 4. The summed E-state index contributed by atoms with van der Waals surface area (Å²) in [5.74, 6) is -10.2. The Labute approximate surface area is 245 Å². The molecule has 1 aromatic carbocycles. The molecule has 1 aromatic rings. The van der Waals surface area contributed by atoms with Crippen LogP contribution in [-0.4, -0.2) is 96.6 Å². The molecule has 7 atom stereocenters. The number of ether oxygens (including phenoxy) is 1. The summed E-state index contributed by atoms with van der Waals surface area (Å²) in [7, 11) is 4.22. The fraction of sp³-hybridized carbons (Fsp3) is 0.621. The van der Waals surface area contributed by atoms with E-state index in [0.717, 1.165) is 12.5 Å². The second kappa shape index (κ2) is 11.1. The van der Waals surface area contributed by atoms with Gasteiger partial charge in [-0.2, -0.15) is 13.2 Å². The molecule has 1 aliphatic heterocycles. The van der Waals surface area contributed by atoms with Crippen molar-refractivity contribution in [2.45, 2.75) is 43.6 Å². The molecule has 1 heterocycles. The molecule has 1 amide bonds. The first-order valence-electron chi connectivity index (χ1n) is 14.2. The van der Waals surface area contributed by atoms with Gasteiger partial charge in [0.1, 0.15) is 11.7 Å². The number of amides is 1. The molecular formula is C29H35F3N4O7. The van der Waals surface area contributed by atoms with E-state index in [4.69, 9.17) is 10.1 Å². The highest BCUT2D eigenvalue weighted by Crippen LogP contribution is 2.52. The van der Waals surface area contributed by atoms with Crippen LogP contribution in [0, 0.1) is 35.0 Å². The van der Waals surface area contributed by atoms with Crippen LogP contribution in [0.4, 0.5) is 13.2 Å². The molecule has 0 bridgehead atoms. The molecule has 11 nitrogen and oxygen atoms in total. The summed E-state index contributed by atoms with van der Waals surface area (Å²) in [6.07, 6.45) is -4.78. The highest BCUT2D eigenvalue weighted by molar-refractivity contribution is 6.33. The summed E-state index contributed by atoms with van der Waals surface area (Å²) in [6, 6.07) is -0.346. The Morgan fingerprint density at radius 1 is 1.26 bits per heavy atom. The Kier molecular flexibility index (Phi) is 8.03.